The zero-order chi connectivity index (χ0) is 16.7. The molecule has 1 aromatic carbocycles. The minimum atomic E-state index is -0.0536. The van der Waals surface area contributed by atoms with E-state index in [1.807, 2.05) is 23.1 Å². The molecular formula is C19H23ClN2O2. The molecule has 0 bridgehead atoms. The molecule has 4 nitrogen and oxygen atoms in total. The number of carbonyl (C=O) groups is 2. The molecule has 3 atom stereocenters. The van der Waals surface area contributed by atoms with Gasteiger partial charge >= 0.3 is 0 Å². The van der Waals surface area contributed by atoms with E-state index in [0.717, 1.165) is 43.7 Å². The summed E-state index contributed by atoms with van der Waals surface area (Å²) >= 11 is 6.04. The Morgan fingerprint density at radius 1 is 1.17 bits per heavy atom. The molecule has 2 saturated carbocycles. The zero-order valence-corrected chi connectivity index (χ0v) is 14.5. The number of hydrogen-bond donors (Lipinski definition) is 1. The molecular weight excluding hydrogens is 324 g/mol. The molecule has 1 aromatic rings. The SMILES string of the molecule is O=C(N[C@@H]1C[C@@H]1c1cccc(Cl)c1)[C@H]1CCCN(C(=O)C2CC2)C1. The first-order chi connectivity index (χ1) is 11.6. The van der Waals surface area contributed by atoms with Crippen molar-refractivity contribution in [2.75, 3.05) is 13.1 Å². The largest absolute Gasteiger partial charge is 0.352 e. The molecule has 0 spiro atoms. The van der Waals surface area contributed by atoms with Crippen LogP contribution in [0, 0.1) is 11.8 Å². The number of hydrogen-bond acceptors (Lipinski definition) is 2. The molecule has 24 heavy (non-hydrogen) atoms. The van der Waals surface area contributed by atoms with Gasteiger partial charge in [-0.3, -0.25) is 9.59 Å². The fourth-order valence-electron chi connectivity index (χ4n) is 3.74. The highest BCUT2D eigenvalue weighted by molar-refractivity contribution is 6.30. The van der Waals surface area contributed by atoms with Crippen LogP contribution in [0.25, 0.3) is 0 Å². The van der Waals surface area contributed by atoms with Crippen molar-refractivity contribution in [3.8, 4) is 0 Å². The van der Waals surface area contributed by atoms with Gasteiger partial charge in [0.25, 0.3) is 0 Å². The van der Waals surface area contributed by atoms with E-state index in [2.05, 4.69) is 11.4 Å². The summed E-state index contributed by atoms with van der Waals surface area (Å²) in [4.78, 5) is 26.7. The first-order valence-corrected chi connectivity index (χ1v) is 9.34. The van der Waals surface area contributed by atoms with E-state index in [4.69, 9.17) is 11.6 Å². The van der Waals surface area contributed by atoms with E-state index >= 15 is 0 Å². The molecule has 128 valence electrons. The molecule has 1 aliphatic heterocycles. The Labute approximate surface area is 147 Å². The van der Waals surface area contributed by atoms with Gasteiger partial charge in [-0.1, -0.05) is 23.7 Å². The van der Waals surface area contributed by atoms with Crippen LogP contribution in [0.3, 0.4) is 0 Å². The fourth-order valence-corrected chi connectivity index (χ4v) is 3.94. The Balaban J connectivity index is 1.31. The molecule has 0 aromatic heterocycles. The Kier molecular flexibility index (Phi) is 4.25. The third-order valence-electron chi connectivity index (χ3n) is 5.43. The van der Waals surface area contributed by atoms with Crippen LogP contribution >= 0.6 is 11.6 Å². The van der Waals surface area contributed by atoms with Crippen LogP contribution < -0.4 is 5.32 Å². The second kappa shape index (κ2) is 6.40. The number of nitrogens with zero attached hydrogens (tertiary/aromatic N) is 1. The highest BCUT2D eigenvalue weighted by Gasteiger charge is 2.42. The standard InChI is InChI=1S/C19H23ClN2O2/c20-15-5-1-3-13(9-15)16-10-17(16)21-18(23)14-4-2-8-22(11-14)19(24)12-6-7-12/h1,3,5,9,12,14,16-17H,2,4,6-8,10-11H2,(H,21,23)/t14-,16+,17+/m0/s1. The predicted octanol–water partition coefficient (Wildman–Crippen LogP) is 2.96. The third kappa shape index (κ3) is 3.44. The zero-order valence-electron chi connectivity index (χ0n) is 13.7. The monoisotopic (exact) mass is 346 g/mol. The van der Waals surface area contributed by atoms with Crippen molar-refractivity contribution >= 4 is 23.4 Å². The fraction of sp³-hybridized carbons (Fsp3) is 0.579. The Morgan fingerprint density at radius 2 is 2.00 bits per heavy atom. The van der Waals surface area contributed by atoms with Gasteiger partial charge in [0.1, 0.15) is 0 Å². The van der Waals surface area contributed by atoms with Crippen LogP contribution in [0.2, 0.25) is 5.02 Å². The average molecular weight is 347 g/mol. The van der Waals surface area contributed by atoms with Crippen molar-refractivity contribution in [3.63, 3.8) is 0 Å². The lowest BCUT2D eigenvalue weighted by atomic mass is 9.96. The molecule has 1 saturated heterocycles. The van der Waals surface area contributed by atoms with Crippen molar-refractivity contribution < 1.29 is 9.59 Å². The van der Waals surface area contributed by atoms with Crippen LogP contribution in [-0.4, -0.2) is 35.8 Å². The van der Waals surface area contributed by atoms with Crippen LogP contribution in [0.4, 0.5) is 0 Å². The lowest BCUT2D eigenvalue weighted by molar-refractivity contribution is -0.136. The van der Waals surface area contributed by atoms with Gasteiger partial charge in [-0.15, -0.1) is 0 Å². The van der Waals surface area contributed by atoms with Crippen molar-refractivity contribution in [2.45, 2.75) is 44.1 Å². The number of likely N-dealkylation sites (tertiary alicyclic amines) is 1. The van der Waals surface area contributed by atoms with E-state index in [-0.39, 0.29) is 29.7 Å². The summed E-state index contributed by atoms with van der Waals surface area (Å²) in [6.07, 6.45) is 4.84. The summed E-state index contributed by atoms with van der Waals surface area (Å²) < 4.78 is 0. The van der Waals surface area contributed by atoms with Gasteiger partial charge in [-0.05, 0) is 49.8 Å². The van der Waals surface area contributed by atoms with Crippen molar-refractivity contribution in [1.82, 2.24) is 10.2 Å². The highest BCUT2D eigenvalue weighted by Crippen LogP contribution is 2.41. The Bertz CT molecular complexity index is 659. The van der Waals surface area contributed by atoms with Gasteiger partial charge in [0.2, 0.25) is 11.8 Å². The first-order valence-electron chi connectivity index (χ1n) is 8.96. The summed E-state index contributed by atoms with van der Waals surface area (Å²) in [7, 11) is 0. The Morgan fingerprint density at radius 3 is 2.75 bits per heavy atom. The van der Waals surface area contributed by atoms with Crippen LogP contribution in [0.15, 0.2) is 24.3 Å². The van der Waals surface area contributed by atoms with Crippen LogP contribution in [0.1, 0.15) is 43.6 Å². The van der Waals surface area contributed by atoms with Crippen molar-refractivity contribution in [2.24, 2.45) is 11.8 Å². The predicted molar refractivity (Wildman–Crippen MR) is 92.8 cm³/mol. The van der Waals surface area contributed by atoms with E-state index in [0.29, 0.717) is 12.5 Å². The Hall–Kier alpha value is -1.55. The minimum absolute atomic E-state index is 0.0536. The highest BCUT2D eigenvalue weighted by atomic mass is 35.5. The summed E-state index contributed by atoms with van der Waals surface area (Å²) in [6, 6.07) is 8.09. The van der Waals surface area contributed by atoms with Crippen LogP contribution in [0.5, 0.6) is 0 Å². The maximum absolute atomic E-state index is 12.6. The van der Waals surface area contributed by atoms with Gasteiger partial charge in [-0.25, -0.2) is 0 Å². The molecule has 5 heteroatoms. The van der Waals surface area contributed by atoms with Gasteiger partial charge in [-0.2, -0.15) is 0 Å². The number of halogens is 1. The van der Waals surface area contributed by atoms with Crippen molar-refractivity contribution in [1.29, 1.82) is 0 Å². The molecule has 2 aliphatic carbocycles. The van der Waals surface area contributed by atoms with Crippen LogP contribution in [-0.2, 0) is 9.59 Å². The number of amides is 2. The molecule has 0 unspecified atom stereocenters. The number of carbonyl (C=O) groups excluding carboxylic acids is 2. The summed E-state index contributed by atoms with van der Waals surface area (Å²) in [5.74, 6) is 0.929. The molecule has 3 aliphatic rings. The first kappa shape index (κ1) is 15.9. The quantitative estimate of drug-likeness (QED) is 0.911. The summed E-state index contributed by atoms with van der Waals surface area (Å²) in [5.41, 5.74) is 1.20. The van der Waals surface area contributed by atoms with Crippen molar-refractivity contribution in [3.05, 3.63) is 34.9 Å². The number of nitrogens with one attached hydrogen (secondary N) is 1. The lowest BCUT2D eigenvalue weighted by Crippen LogP contribution is -2.46. The van der Waals surface area contributed by atoms with Gasteiger partial charge < -0.3 is 10.2 Å². The van der Waals surface area contributed by atoms with E-state index in [9.17, 15) is 9.59 Å². The molecule has 1 N–H and O–H groups in total. The molecule has 2 amide bonds. The van der Waals surface area contributed by atoms with E-state index < -0.39 is 0 Å². The summed E-state index contributed by atoms with van der Waals surface area (Å²) in [6.45, 7) is 1.41. The van der Waals surface area contributed by atoms with Gasteiger partial charge in [0, 0.05) is 36.0 Å². The second-order valence-corrected chi connectivity index (χ2v) is 7.85. The topological polar surface area (TPSA) is 49.4 Å². The number of piperidine rings is 1. The van der Waals surface area contributed by atoms with E-state index in [1.165, 1.54) is 5.56 Å². The molecule has 1 heterocycles. The van der Waals surface area contributed by atoms with Gasteiger partial charge in [0.05, 0.1) is 5.92 Å². The molecule has 0 radical (unpaired) electrons. The normalized spacial score (nSPS) is 29.2. The maximum atomic E-state index is 12.6. The minimum Gasteiger partial charge on any atom is -0.352 e. The average Bonchev–Trinajstić information content (AvgIpc) is 3.48. The summed E-state index contributed by atoms with van der Waals surface area (Å²) in [5, 5.41) is 3.92. The molecule has 3 fully saturated rings. The van der Waals surface area contributed by atoms with Gasteiger partial charge in [0.15, 0.2) is 0 Å². The number of benzene rings is 1. The second-order valence-electron chi connectivity index (χ2n) is 7.41. The third-order valence-corrected chi connectivity index (χ3v) is 5.66. The smallest absolute Gasteiger partial charge is 0.225 e. The van der Waals surface area contributed by atoms with E-state index in [1.54, 1.807) is 0 Å². The maximum Gasteiger partial charge on any atom is 0.225 e. The number of rotatable bonds is 4. The lowest BCUT2D eigenvalue weighted by Gasteiger charge is -2.32. The molecule has 4 rings (SSSR count).